The van der Waals surface area contributed by atoms with E-state index in [0.29, 0.717) is 0 Å². The van der Waals surface area contributed by atoms with E-state index in [1.54, 1.807) is 13.8 Å². The summed E-state index contributed by atoms with van der Waals surface area (Å²) in [6, 6.07) is 0. The lowest BCUT2D eigenvalue weighted by Gasteiger charge is -2.17. The lowest BCUT2D eigenvalue weighted by molar-refractivity contribution is -0.128. The van der Waals surface area contributed by atoms with Gasteiger partial charge in [-0.15, -0.1) is 0 Å². The molecule has 72 valence electrons. The van der Waals surface area contributed by atoms with Crippen LogP contribution in [0.4, 0.5) is 4.39 Å². The van der Waals surface area contributed by atoms with Gasteiger partial charge in [-0.05, 0) is 0 Å². The monoisotopic (exact) mass is 185 g/mol. The highest BCUT2D eigenvalue weighted by molar-refractivity contribution is 5.83. The molecule has 1 rings (SSSR count). The number of aromatic nitrogens is 3. The van der Waals surface area contributed by atoms with Crippen molar-refractivity contribution in [1.82, 2.24) is 14.8 Å². The molecule has 0 aliphatic heterocycles. The van der Waals surface area contributed by atoms with Crippen molar-refractivity contribution in [1.29, 1.82) is 0 Å². The molecule has 0 saturated heterocycles. The predicted molar refractivity (Wildman–Crippen MR) is 44.8 cm³/mol. The first-order valence-electron chi connectivity index (χ1n) is 3.98. The first kappa shape index (κ1) is 9.83. The van der Waals surface area contributed by atoms with Crippen LogP contribution in [-0.2, 0) is 11.3 Å². The Morgan fingerprint density at radius 3 is 2.77 bits per heavy atom. The fourth-order valence-electron chi connectivity index (χ4n) is 0.750. The summed E-state index contributed by atoms with van der Waals surface area (Å²) >= 11 is 0. The number of Topliss-reactive ketones (excluding diaryl/α,β-unsaturated/α-hetero) is 1. The molecule has 0 fully saturated rings. The maximum Gasteiger partial charge on any atom is 0.162 e. The van der Waals surface area contributed by atoms with Gasteiger partial charge in [-0.3, -0.25) is 9.18 Å². The van der Waals surface area contributed by atoms with E-state index in [4.69, 9.17) is 0 Å². The minimum absolute atomic E-state index is 0.0803. The van der Waals surface area contributed by atoms with Crippen LogP contribution in [0.3, 0.4) is 0 Å². The molecule has 0 unspecified atom stereocenters. The van der Waals surface area contributed by atoms with Crippen LogP contribution < -0.4 is 0 Å². The molecule has 0 aliphatic rings. The Balaban J connectivity index is 2.61. The quantitative estimate of drug-likeness (QED) is 0.698. The largest absolute Gasteiger partial charge is 0.297 e. The number of hydrogen-bond donors (Lipinski definition) is 0. The van der Waals surface area contributed by atoms with Crippen LogP contribution in [0.1, 0.15) is 13.8 Å². The Hall–Kier alpha value is -1.26. The van der Waals surface area contributed by atoms with Crippen LogP contribution in [0.25, 0.3) is 0 Å². The van der Waals surface area contributed by atoms with Crippen molar-refractivity contribution in [3.05, 3.63) is 12.7 Å². The summed E-state index contributed by atoms with van der Waals surface area (Å²) in [6.45, 7) is 2.58. The molecule has 1 heterocycles. The third-order valence-corrected chi connectivity index (χ3v) is 1.86. The van der Waals surface area contributed by atoms with E-state index in [2.05, 4.69) is 10.1 Å². The van der Waals surface area contributed by atoms with Crippen LogP contribution in [0.2, 0.25) is 0 Å². The van der Waals surface area contributed by atoms with Gasteiger partial charge < -0.3 is 0 Å². The van der Waals surface area contributed by atoms with Crippen molar-refractivity contribution in [2.24, 2.45) is 5.41 Å². The highest BCUT2D eigenvalue weighted by atomic mass is 19.1. The van der Waals surface area contributed by atoms with E-state index in [0.717, 1.165) is 0 Å². The van der Waals surface area contributed by atoms with Gasteiger partial charge in [-0.25, -0.2) is 9.67 Å². The van der Waals surface area contributed by atoms with Crippen molar-refractivity contribution >= 4 is 5.78 Å². The fourth-order valence-corrected chi connectivity index (χ4v) is 0.750. The minimum Gasteiger partial charge on any atom is -0.297 e. The van der Waals surface area contributed by atoms with Gasteiger partial charge in [0.1, 0.15) is 25.9 Å². The first-order chi connectivity index (χ1) is 6.06. The molecule has 0 amide bonds. The molecular formula is C8H12FN3O. The summed E-state index contributed by atoms with van der Waals surface area (Å²) in [5.74, 6) is -0.180. The van der Waals surface area contributed by atoms with Gasteiger partial charge in [0, 0.05) is 0 Å². The molecule has 0 spiro atoms. The number of alkyl halides is 1. The smallest absolute Gasteiger partial charge is 0.162 e. The highest BCUT2D eigenvalue weighted by Crippen LogP contribution is 2.17. The minimum atomic E-state index is -0.925. The number of carbonyl (C=O) groups excluding carboxylic acids is 1. The summed E-state index contributed by atoms with van der Waals surface area (Å²) in [5.41, 5.74) is -0.925. The van der Waals surface area contributed by atoms with Crippen molar-refractivity contribution in [2.45, 2.75) is 20.4 Å². The van der Waals surface area contributed by atoms with Gasteiger partial charge >= 0.3 is 0 Å². The molecule has 0 aromatic carbocycles. The predicted octanol–water partition coefficient (Wildman–Crippen LogP) is 0.843. The molecule has 4 nitrogen and oxygen atoms in total. The van der Waals surface area contributed by atoms with Gasteiger partial charge in [-0.2, -0.15) is 5.10 Å². The van der Waals surface area contributed by atoms with Crippen molar-refractivity contribution in [3.63, 3.8) is 0 Å². The number of ketones is 1. The van der Waals surface area contributed by atoms with E-state index in [9.17, 15) is 9.18 Å². The maximum atomic E-state index is 12.4. The molecule has 5 heteroatoms. The van der Waals surface area contributed by atoms with Crippen LogP contribution in [0.15, 0.2) is 12.7 Å². The van der Waals surface area contributed by atoms with Crippen LogP contribution in [0, 0.1) is 5.41 Å². The van der Waals surface area contributed by atoms with Crippen LogP contribution in [-0.4, -0.2) is 27.2 Å². The average Bonchev–Trinajstić information content (AvgIpc) is 2.57. The Morgan fingerprint density at radius 1 is 1.62 bits per heavy atom. The molecule has 13 heavy (non-hydrogen) atoms. The lowest BCUT2D eigenvalue weighted by Crippen LogP contribution is -2.30. The number of rotatable bonds is 4. The number of nitrogens with zero attached hydrogens (tertiary/aromatic N) is 3. The van der Waals surface area contributed by atoms with E-state index in [1.165, 1.54) is 17.3 Å². The number of halogens is 1. The molecule has 0 bridgehead atoms. The van der Waals surface area contributed by atoms with Crippen molar-refractivity contribution < 1.29 is 9.18 Å². The molecular weight excluding hydrogens is 173 g/mol. The topological polar surface area (TPSA) is 47.8 Å². The summed E-state index contributed by atoms with van der Waals surface area (Å²) in [6.07, 6.45) is 2.78. The zero-order valence-corrected chi connectivity index (χ0v) is 7.70. The standard InChI is InChI=1S/C8H12FN3O/c1-8(2,4-9)7(13)3-12-6-10-5-11-12/h5-6H,3-4H2,1-2H3. The van der Waals surface area contributed by atoms with E-state index in [-0.39, 0.29) is 12.3 Å². The highest BCUT2D eigenvalue weighted by Gasteiger charge is 2.27. The molecule has 1 aromatic heterocycles. The van der Waals surface area contributed by atoms with Crippen molar-refractivity contribution in [3.8, 4) is 0 Å². The molecule has 0 saturated carbocycles. The van der Waals surface area contributed by atoms with Gasteiger partial charge in [0.05, 0.1) is 5.41 Å². The lowest BCUT2D eigenvalue weighted by atomic mass is 9.90. The summed E-state index contributed by atoms with van der Waals surface area (Å²) in [5, 5.41) is 3.77. The molecule has 0 radical (unpaired) electrons. The van der Waals surface area contributed by atoms with Gasteiger partial charge in [0.2, 0.25) is 0 Å². The summed E-state index contributed by atoms with van der Waals surface area (Å²) in [7, 11) is 0. The Kier molecular flexibility index (Phi) is 2.75. The summed E-state index contributed by atoms with van der Waals surface area (Å²) < 4.78 is 13.8. The molecule has 1 aromatic rings. The second kappa shape index (κ2) is 3.64. The number of carbonyl (C=O) groups is 1. The molecule has 0 atom stereocenters. The van der Waals surface area contributed by atoms with Gasteiger partial charge in [0.15, 0.2) is 5.78 Å². The first-order valence-corrected chi connectivity index (χ1v) is 3.98. The molecule has 0 aliphatic carbocycles. The van der Waals surface area contributed by atoms with Crippen LogP contribution >= 0.6 is 0 Å². The van der Waals surface area contributed by atoms with Gasteiger partial charge in [0.25, 0.3) is 0 Å². The van der Waals surface area contributed by atoms with Crippen LogP contribution in [0.5, 0.6) is 0 Å². The third-order valence-electron chi connectivity index (χ3n) is 1.86. The molecule has 0 N–H and O–H groups in total. The Labute approximate surface area is 75.8 Å². The SMILES string of the molecule is CC(C)(CF)C(=O)Cn1cncn1. The Bertz CT molecular complexity index is 282. The fraction of sp³-hybridized carbons (Fsp3) is 0.625. The third kappa shape index (κ3) is 2.34. The second-order valence-corrected chi connectivity index (χ2v) is 3.53. The number of hydrogen-bond acceptors (Lipinski definition) is 3. The average molecular weight is 185 g/mol. The second-order valence-electron chi connectivity index (χ2n) is 3.53. The van der Waals surface area contributed by atoms with E-state index in [1.807, 2.05) is 0 Å². The van der Waals surface area contributed by atoms with E-state index >= 15 is 0 Å². The van der Waals surface area contributed by atoms with E-state index < -0.39 is 12.1 Å². The zero-order valence-electron chi connectivity index (χ0n) is 7.70. The summed E-state index contributed by atoms with van der Waals surface area (Å²) in [4.78, 5) is 15.1. The van der Waals surface area contributed by atoms with Crippen molar-refractivity contribution in [2.75, 3.05) is 6.67 Å². The Morgan fingerprint density at radius 2 is 2.31 bits per heavy atom. The normalized spacial score (nSPS) is 11.6. The zero-order chi connectivity index (χ0) is 9.90. The van der Waals surface area contributed by atoms with Gasteiger partial charge in [-0.1, -0.05) is 13.8 Å². The maximum absolute atomic E-state index is 12.4.